The number of carbonyl (C=O) groups excluding carboxylic acids is 1. The summed E-state index contributed by atoms with van der Waals surface area (Å²) in [6.07, 6.45) is 1.68. The molecule has 0 aliphatic carbocycles. The van der Waals surface area contributed by atoms with Crippen LogP contribution in [0.25, 0.3) is 0 Å². The first kappa shape index (κ1) is 21.2. The van der Waals surface area contributed by atoms with E-state index in [9.17, 15) is 13.2 Å². The maximum atomic E-state index is 12.9. The summed E-state index contributed by atoms with van der Waals surface area (Å²) in [5.41, 5.74) is 1.99. The first-order chi connectivity index (χ1) is 15.1. The number of benzene rings is 2. The van der Waals surface area contributed by atoms with Gasteiger partial charge in [-0.05, 0) is 42.0 Å². The van der Waals surface area contributed by atoms with E-state index in [1.165, 1.54) is 28.6 Å². The third kappa shape index (κ3) is 4.82. The van der Waals surface area contributed by atoms with Crippen LogP contribution in [0.1, 0.15) is 27.7 Å². The molecule has 0 spiro atoms. The normalized spacial score (nSPS) is 15.9. The Hall–Kier alpha value is -3.07. The van der Waals surface area contributed by atoms with Gasteiger partial charge in [0, 0.05) is 24.8 Å². The van der Waals surface area contributed by atoms with Crippen molar-refractivity contribution < 1.29 is 17.9 Å². The maximum absolute atomic E-state index is 12.9. The Morgan fingerprint density at radius 1 is 0.935 bits per heavy atom. The molecule has 31 heavy (non-hydrogen) atoms. The summed E-state index contributed by atoms with van der Waals surface area (Å²) in [7, 11) is -3.60. The minimum Gasteiger partial charge on any atom is -0.379 e. The first-order valence-electron chi connectivity index (χ1n) is 10.0. The Morgan fingerprint density at radius 2 is 1.61 bits per heavy atom. The van der Waals surface area contributed by atoms with E-state index in [4.69, 9.17) is 4.74 Å². The minimum atomic E-state index is -3.60. The van der Waals surface area contributed by atoms with Gasteiger partial charge < -0.3 is 10.1 Å². The van der Waals surface area contributed by atoms with Crippen LogP contribution in [0, 0.1) is 0 Å². The molecule has 0 unspecified atom stereocenters. The smallest absolute Gasteiger partial charge is 0.252 e. The highest BCUT2D eigenvalue weighted by atomic mass is 32.2. The fourth-order valence-corrected chi connectivity index (χ4v) is 4.86. The van der Waals surface area contributed by atoms with E-state index in [1.54, 1.807) is 6.20 Å². The van der Waals surface area contributed by atoms with Gasteiger partial charge in [0.15, 0.2) is 0 Å². The van der Waals surface area contributed by atoms with Crippen molar-refractivity contribution in [3.05, 3.63) is 95.8 Å². The minimum absolute atomic E-state index is 0.162. The Labute approximate surface area is 181 Å². The molecule has 1 aliphatic rings. The van der Waals surface area contributed by atoms with Gasteiger partial charge in [0.05, 0.1) is 29.8 Å². The molecular formula is C23H23N3O4S. The Bertz CT molecular complexity index is 1080. The highest BCUT2D eigenvalue weighted by Crippen LogP contribution is 2.22. The first-order valence-corrected chi connectivity index (χ1v) is 11.4. The predicted octanol–water partition coefficient (Wildman–Crippen LogP) is 2.62. The summed E-state index contributed by atoms with van der Waals surface area (Å²) >= 11 is 0. The van der Waals surface area contributed by atoms with E-state index >= 15 is 0 Å². The van der Waals surface area contributed by atoms with Crippen molar-refractivity contribution in [1.82, 2.24) is 14.6 Å². The molecule has 2 heterocycles. The molecule has 2 aromatic carbocycles. The van der Waals surface area contributed by atoms with Crippen LogP contribution < -0.4 is 5.32 Å². The molecule has 1 fully saturated rings. The maximum Gasteiger partial charge on any atom is 0.252 e. The zero-order valence-corrected chi connectivity index (χ0v) is 17.7. The standard InChI is InChI=1S/C23H23N3O4S/c27-23(25-22(18-6-2-1-3-7-18)21-8-4-5-13-24-21)19-9-11-20(12-10-19)31(28,29)26-14-16-30-17-15-26/h1-13,22H,14-17H2,(H,25,27)/t22-/m0/s1. The van der Waals surface area contributed by atoms with Gasteiger partial charge in [-0.3, -0.25) is 9.78 Å². The van der Waals surface area contributed by atoms with Gasteiger partial charge in [0.2, 0.25) is 10.0 Å². The van der Waals surface area contributed by atoms with Crippen molar-refractivity contribution >= 4 is 15.9 Å². The number of hydrogen-bond acceptors (Lipinski definition) is 5. The fourth-order valence-electron chi connectivity index (χ4n) is 3.45. The Balaban J connectivity index is 1.54. The van der Waals surface area contributed by atoms with Crippen LogP contribution in [0.4, 0.5) is 0 Å². The van der Waals surface area contributed by atoms with Crippen molar-refractivity contribution in [2.24, 2.45) is 0 Å². The van der Waals surface area contributed by atoms with Gasteiger partial charge in [0.1, 0.15) is 0 Å². The number of carbonyl (C=O) groups is 1. The Morgan fingerprint density at radius 3 is 2.26 bits per heavy atom. The molecule has 0 radical (unpaired) electrons. The number of hydrogen-bond donors (Lipinski definition) is 1. The highest BCUT2D eigenvalue weighted by molar-refractivity contribution is 7.89. The van der Waals surface area contributed by atoms with Crippen LogP contribution in [0.2, 0.25) is 0 Å². The van der Waals surface area contributed by atoms with Crippen LogP contribution >= 0.6 is 0 Å². The SMILES string of the molecule is O=C(N[C@@H](c1ccccc1)c1ccccn1)c1ccc(S(=O)(=O)N2CCOCC2)cc1. The summed E-state index contributed by atoms with van der Waals surface area (Å²) < 4.78 is 32.2. The second-order valence-corrected chi connectivity index (χ2v) is 9.05. The van der Waals surface area contributed by atoms with Gasteiger partial charge in [-0.25, -0.2) is 8.42 Å². The molecule has 0 saturated carbocycles. The van der Waals surface area contributed by atoms with Crippen molar-refractivity contribution in [2.75, 3.05) is 26.3 Å². The van der Waals surface area contributed by atoms with Gasteiger partial charge in [0.25, 0.3) is 5.91 Å². The van der Waals surface area contributed by atoms with Crippen LogP contribution in [-0.2, 0) is 14.8 Å². The summed E-state index contributed by atoms with van der Waals surface area (Å²) in [6.45, 7) is 1.42. The molecule has 1 saturated heterocycles. The van der Waals surface area contributed by atoms with Crippen molar-refractivity contribution in [1.29, 1.82) is 0 Å². The number of morpholine rings is 1. The van der Waals surface area contributed by atoms with Gasteiger partial charge >= 0.3 is 0 Å². The van der Waals surface area contributed by atoms with Gasteiger partial charge in [-0.1, -0.05) is 36.4 Å². The number of pyridine rings is 1. The highest BCUT2D eigenvalue weighted by Gasteiger charge is 2.26. The van der Waals surface area contributed by atoms with E-state index in [0.717, 1.165) is 5.56 Å². The monoisotopic (exact) mass is 437 g/mol. The van der Waals surface area contributed by atoms with Crippen molar-refractivity contribution in [3.8, 4) is 0 Å². The summed E-state index contributed by atoms with van der Waals surface area (Å²) in [5, 5.41) is 3.01. The second-order valence-electron chi connectivity index (χ2n) is 7.11. The van der Waals surface area contributed by atoms with Crippen molar-refractivity contribution in [3.63, 3.8) is 0 Å². The van der Waals surface area contributed by atoms with Crippen molar-refractivity contribution in [2.45, 2.75) is 10.9 Å². The third-order valence-corrected chi connectivity index (χ3v) is 7.03. The van der Waals surface area contributed by atoms with Crippen LogP contribution in [-0.4, -0.2) is 49.9 Å². The second kappa shape index (κ2) is 9.38. The fraction of sp³-hybridized carbons (Fsp3) is 0.217. The largest absolute Gasteiger partial charge is 0.379 e. The molecular weight excluding hydrogens is 414 g/mol. The number of sulfonamides is 1. The van der Waals surface area contributed by atoms with E-state index in [-0.39, 0.29) is 10.8 Å². The van der Waals surface area contributed by atoms with E-state index in [1.807, 2.05) is 48.5 Å². The summed E-state index contributed by atoms with van der Waals surface area (Å²) in [4.78, 5) is 17.5. The molecule has 1 atom stereocenters. The number of ether oxygens (including phenoxy) is 1. The lowest BCUT2D eigenvalue weighted by Gasteiger charge is -2.26. The number of rotatable bonds is 6. The zero-order valence-electron chi connectivity index (χ0n) is 16.8. The van der Waals surface area contributed by atoms with Crippen LogP contribution in [0.3, 0.4) is 0 Å². The molecule has 8 heteroatoms. The number of nitrogens with one attached hydrogen (secondary N) is 1. The van der Waals surface area contributed by atoms with Crippen LogP contribution in [0.5, 0.6) is 0 Å². The molecule has 7 nitrogen and oxygen atoms in total. The summed E-state index contributed by atoms with van der Waals surface area (Å²) in [5.74, 6) is -0.310. The van der Waals surface area contributed by atoms with Gasteiger partial charge in [-0.2, -0.15) is 4.31 Å². The molecule has 0 bridgehead atoms. The average molecular weight is 438 g/mol. The number of nitrogens with zero attached hydrogens (tertiary/aromatic N) is 2. The molecule has 1 aromatic heterocycles. The topological polar surface area (TPSA) is 88.6 Å². The quantitative estimate of drug-likeness (QED) is 0.640. The average Bonchev–Trinajstić information content (AvgIpc) is 2.84. The molecule has 1 N–H and O–H groups in total. The molecule has 1 aliphatic heterocycles. The Kier molecular flexibility index (Phi) is 6.41. The van der Waals surface area contributed by atoms with E-state index in [0.29, 0.717) is 37.6 Å². The lowest BCUT2D eigenvalue weighted by Crippen LogP contribution is -2.40. The van der Waals surface area contributed by atoms with Gasteiger partial charge in [-0.15, -0.1) is 0 Å². The zero-order chi connectivity index (χ0) is 21.7. The lowest BCUT2D eigenvalue weighted by molar-refractivity contribution is 0.0730. The molecule has 3 aromatic rings. The van der Waals surface area contributed by atoms with Crippen LogP contribution in [0.15, 0.2) is 83.9 Å². The molecule has 4 rings (SSSR count). The molecule has 160 valence electrons. The lowest BCUT2D eigenvalue weighted by atomic mass is 10.0. The number of aromatic nitrogens is 1. The third-order valence-electron chi connectivity index (χ3n) is 5.12. The van der Waals surface area contributed by atoms with E-state index in [2.05, 4.69) is 10.3 Å². The van der Waals surface area contributed by atoms with E-state index < -0.39 is 16.1 Å². The summed E-state index contributed by atoms with van der Waals surface area (Å²) in [6, 6.07) is 20.7. The number of amides is 1. The molecule has 1 amide bonds. The predicted molar refractivity (Wildman–Crippen MR) is 116 cm³/mol.